The molecular weight excluding hydrogens is 504 g/mol. The summed E-state index contributed by atoms with van der Waals surface area (Å²) >= 11 is 0. The Morgan fingerprint density at radius 1 is 0.951 bits per heavy atom. The van der Waals surface area contributed by atoms with E-state index in [2.05, 4.69) is 70.6 Å². The summed E-state index contributed by atoms with van der Waals surface area (Å²) in [6, 6.07) is 11.5. The number of para-hydroxylation sites is 1. The number of hydrogen-bond acceptors (Lipinski definition) is 3. The van der Waals surface area contributed by atoms with Gasteiger partial charge in [0.15, 0.2) is 0 Å². The minimum absolute atomic E-state index is 0.0411. The molecule has 8 rings (SSSR count). The van der Waals surface area contributed by atoms with Gasteiger partial charge in [-0.1, -0.05) is 36.4 Å². The van der Waals surface area contributed by atoms with Crippen molar-refractivity contribution >= 4 is 27.4 Å². The highest BCUT2D eigenvalue weighted by Crippen LogP contribution is 2.57. The molecule has 1 aliphatic carbocycles. The molecule has 214 valence electrons. The summed E-state index contributed by atoms with van der Waals surface area (Å²) in [6.45, 7) is 4.60. The van der Waals surface area contributed by atoms with Gasteiger partial charge in [0.05, 0.1) is 23.2 Å². The van der Waals surface area contributed by atoms with Crippen molar-refractivity contribution in [2.45, 2.75) is 81.9 Å². The van der Waals surface area contributed by atoms with Crippen molar-refractivity contribution in [2.24, 2.45) is 11.3 Å². The fraction of sp³-hybridized carbons (Fsp3) is 0.528. The second-order valence-corrected chi connectivity index (χ2v) is 13.7. The van der Waals surface area contributed by atoms with Gasteiger partial charge in [-0.05, 0) is 107 Å². The lowest BCUT2D eigenvalue weighted by Gasteiger charge is -2.55. The predicted molar refractivity (Wildman–Crippen MR) is 167 cm³/mol. The summed E-state index contributed by atoms with van der Waals surface area (Å²) in [4.78, 5) is 13.3. The summed E-state index contributed by atoms with van der Waals surface area (Å²) in [7, 11) is 0. The summed E-state index contributed by atoms with van der Waals surface area (Å²) < 4.78 is 0. The Bertz CT molecular complexity index is 1530. The van der Waals surface area contributed by atoms with Crippen molar-refractivity contribution in [3.05, 3.63) is 72.6 Å². The number of aromatic amines is 1. The van der Waals surface area contributed by atoms with Gasteiger partial charge in [-0.25, -0.2) is 0 Å². The molecule has 3 bridgehead atoms. The quantitative estimate of drug-likeness (QED) is 0.355. The summed E-state index contributed by atoms with van der Waals surface area (Å²) in [5.74, 6) is 0.406. The van der Waals surface area contributed by atoms with E-state index in [4.69, 9.17) is 4.98 Å². The standard InChI is InChI=1S/C36H44N4O/c41-36-18-10-4-1-2-5-11-20-39-22-17-30(35(25-39)23-26-13-7-3-6-12-21-40(26)34(35)36)29(24-36)32-33-28(16-19-37-32)27-14-8-9-15-31(27)38-33/h1,4,7-9,13-16,19,24,26,30,34,38,41H,2-3,5-6,10-12,17-18,20-23,25H2/p+1/b4-1-,13-7-/t26?,30-,34+,35-,36-/m0/s1. The van der Waals surface area contributed by atoms with Crippen molar-refractivity contribution in [3.63, 3.8) is 0 Å². The highest BCUT2D eigenvalue weighted by Gasteiger charge is 2.68. The zero-order valence-corrected chi connectivity index (χ0v) is 24.3. The summed E-state index contributed by atoms with van der Waals surface area (Å²) in [5.41, 5.74) is 3.85. The molecule has 3 unspecified atom stereocenters. The Balaban J connectivity index is 1.35. The van der Waals surface area contributed by atoms with Crippen molar-refractivity contribution in [1.29, 1.82) is 0 Å². The van der Waals surface area contributed by atoms with Crippen LogP contribution in [-0.2, 0) is 0 Å². The molecular formula is C36H45N4O+. The molecule has 0 amide bonds. The maximum Gasteiger partial charge on any atom is 0.136 e. The molecule has 7 atom stereocenters. The third-order valence-electron chi connectivity index (χ3n) is 11.4. The number of aromatic nitrogens is 2. The van der Waals surface area contributed by atoms with Crippen molar-refractivity contribution < 1.29 is 10.0 Å². The normalized spacial score (nSPS) is 39.0. The van der Waals surface area contributed by atoms with Gasteiger partial charge in [0.25, 0.3) is 0 Å². The van der Waals surface area contributed by atoms with E-state index in [1.165, 1.54) is 68.0 Å². The molecule has 0 radical (unpaired) electrons. The summed E-state index contributed by atoms with van der Waals surface area (Å²) in [5, 5.41) is 15.6. The van der Waals surface area contributed by atoms with E-state index < -0.39 is 5.60 Å². The number of benzene rings is 1. The number of piperidine rings is 1. The molecule has 1 aromatic carbocycles. The smallest absolute Gasteiger partial charge is 0.136 e. The van der Waals surface area contributed by atoms with Gasteiger partial charge in [0.1, 0.15) is 17.7 Å². The lowest BCUT2D eigenvalue weighted by Crippen LogP contribution is -3.20. The molecule has 3 N–H and O–H groups in total. The van der Waals surface area contributed by atoms with Crippen LogP contribution < -0.4 is 4.90 Å². The number of fused-ring (bicyclic) bond motifs is 5. The first-order chi connectivity index (χ1) is 20.2. The Morgan fingerprint density at radius 3 is 2.80 bits per heavy atom. The van der Waals surface area contributed by atoms with Gasteiger partial charge in [-0.2, -0.15) is 0 Å². The molecule has 6 heterocycles. The SMILES string of the molecule is O[C@]12C=C(c3nccc4c3[nH]c3ccccc34)[C@@H]3CCN(CCCC/C=C\CC1)C[C@@]31CC3/C=C\CCCC[NH+]3[C@H]12. The zero-order chi connectivity index (χ0) is 27.4. The van der Waals surface area contributed by atoms with Crippen LogP contribution in [0.2, 0.25) is 0 Å². The lowest BCUT2D eigenvalue weighted by molar-refractivity contribution is -0.940. The summed E-state index contributed by atoms with van der Waals surface area (Å²) in [6.07, 6.45) is 25.5. The molecule has 3 aromatic rings. The second kappa shape index (κ2) is 10.2. The number of H-pyrrole nitrogens is 1. The van der Waals surface area contributed by atoms with Crippen LogP contribution in [0.25, 0.3) is 27.4 Å². The highest BCUT2D eigenvalue weighted by molar-refractivity contribution is 6.09. The molecule has 0 saturated carbocycles. The van der Waals surface area contributed by atoms with Crippen LogP contribution in [0.15, 0.2) is 66.9 Å². The Hall–Kier alpha value is -2.73. The molecule has 5 aliphatic rings. The van der Waals surface area contributed by atoms with Crippen molar-refractivity contribution in [3.8, 4) is 0 Å². The number of aliphatic hydroxyl groups is 1. The van der Waals surface area contributed by atoms with Gasteiger partial charge in [-0.3, -0.25) is 4.98 Å². The molecule has 5 nitrogen and oxygen atoms in total. The van der Waals surface area contributed by atoms with Gasteiger partial charge >= 0.3 is 0 Å². The Morgan fingerprint density at radius 2 is 1.83 bits per heavy atom. The Kier molecular flexibility index (Phi) is 6.46. The zero-order valence-electron chi connectivity index (χ0n) is 24.3. The van der Waals surface area contributed by atoms with E-state index in [1.54, 1.807) is 4.90 Å². The van der Waals surface area contributed by atoms with E-state index in [0.29, 0.717) is 12.0 Å². The largest absolute Gasteiger partial charge is 0.379 e. The number of quaternary nitrogens is 1. The van der Waals surface area contributed by atoms with Crippen molar-refractivity contribution in [1.82, 2.24) is 14.9 Å². The van der Waals surface area contributed by atoms with Crippen LogP contribution in [-0.4, -0.2) is 63.8 Å². The van der Waals surface area contributed by atoms with Crippen LogP contribution in [0.4, 0.5) is 0 Å². The van der Waals surface area contributed by atoms with E-state index in [1.807, 2.05) is 6.20 Å². The molecule has 2 aromatic heterocycles. The molecule has 4 aliphatic heterocycles. The molecule has 2 saturated heterocycles. The molecule has 2 fully saturated rings. The van der Waals surface area contributed by atoms with E-state index in [9.17, 15) is 5.11 Å². The van der Waals surface area contributed by atoms with Crippen LogP contribution >= 0.6 is 0 Å². The van der Waals surface area contributed by atoms with Crippen LogP contribution in [0, 0.1) is 11.3 Å². The average Bonchev–Trinajstić information content (AvgIpc) is 3.49. The van der Waals surface area contributed by atoms with Gasteiger partial charge < -0.3 is 19.9 Å². The second-order valence-electron chi connectivity index (χ2n) is 13.7. The maximum absolute atomic E-state index is 13.1. The van der Waals surface area contributed by atoms with Crippen LogP contribution in [0.5, 0.6) is 0 Å². The number of nitrogens with one attached hydrogen (secondary N) is 2. The van der Waals surface area contributed by atoms with E-state index >= 15 is 0 Å². The number of rotatable bonds is 1. The third-order valence-corrected chi connectivity index (χ3v) is 11.4. The fourth-order valence-corrected chi connectivity index (χ4v) is 9.84. The first-order valence-corrected chi connectivity index (χ1v) is 16.4. The number of allylic oxidation sites excluding steroid dienone is 4. The van der Waals surface area contributed by atoms with Gasteiger partial charge in [0, 0.05) is 35.5 Å². The monoisotopic (exact) mass is 549 g/mol. The van der Waals surface area contributed by atoms with E-state index in [-0.39, 0.29) is 11.5 Å². The number of nitrogens with zero attached hydrogens (tertiary/aromatic N) is 2. The number of hydrogen-bond donors (Lipinski definition) is 3. The number of pyridine rings is 1. The predicted octanol–water partition coefficient (Wildman–Crippen LogP) is 5.44. The average molecular weight is 550 g/mol. The first-order valence-electron chi connectivity index (χ1n) is 16.4. The fourth-order valence-electron chi connectivity index (χ4n) is 9.84. The highest BCUT2D eigenvalue weighted by atomic mass is 16.3. The van der Waals surface area contributed by atoms with Gasteiger partial charge in [0.2, 0.25) is 0 Å². The molecule has 5 heteroatoms. The molecule has 41 heavy (non-hydrogen) atoms. The Labute approximate surface area is 244 Å². The third kappa shape index (κ3) is 4.18. The first kappa shape index (κ1) is 25.9. The van der Waals surface area contributed by atoms with Gasteiger partial charge in [-0.15, -0.1) is 0 Å². The lowest BCUT2D eigenvalue weighted by atomic mass is 9.54. The van der Waals surface area contributed by atoms with E-state index in [0.717, 1.165) is 55.5 Å². The van der Waals surface area contributed by atoms with Crippen LogP contribution in [0.3, 0.4) is 0 Å². The topological polar surface area (TPSA) is 56.6 Å². The minimum atomic E-state index is -0.861. The van der Waals surface area contributed by atoms with Crippen LogP contribution in [0.1, 0.15) is 69.9 Å². The van der Waals surface area contributed by atoms with Crippen molar-refractivity contribution in [2.75, 3.05) is 26.2 Å². The maximum atomic E-state index is 13.1. The minimum Gasteiger partial charge on any atom is -0.379 e. The molecule has 1 spiro atoms.